The molecule has 0 aliphatic heterocycles. The van der Waals surface area contributed by atoms with Gasteiger partial charge in [-0.15, -0.1) is 0 Å². The van der Waals surface area contributed by atoms with Crippen LogP contribution < -0.4 is 10.1 Å². The lowest BCUT2D eigenvalue weighted by atomic mass is 10.1. The number of aromatic nitrogens is 2. The highest BCUT2D eigenvalue weighted by Gasteiger charge is 2.29. The largest absolute Gasteiger partial charge is 0.496 e. The summed E-state index contributed by atoms with van der Waals surface area (Å²) in [6, 6.07) is 14.6. The van der Waals surface area contributed by atoms with Crippen molar-refractivity contribution in [1.82, 2.24) is 15.1 Å². The Labute approximate surface area is 167 Å². The van der Waals surface area contributed by atoms with Gasteiger partial charge in [0.2, 0.25) is 0 Å². The van der Waals surface area contributed by atoms with Crippen LogP contribution in [0.25, 0.3) is 5.69 Å². The van der Waals surface area contributed by atoms with Gasteiger partial charge in [0.15, 0.2) is 5.69 Å². The van der Waals surface area contributed by atoms with E-state index in [-0.39, 0.29) is 5.69 Å². The molecule has 1 aliphatic carbocycles. The van der Waals surface area contributed by atoms with Crippen molar-refractivity contribution in [3.63, 3.8) is 0 Å². The highest BCUT2D eigenvalue weighted by atomic mass is 19.1. The van der Waals surface area contributed by atoms with Crippen molar-refractivity contribution >= 4 is 5.91 Å². The average molecular weight is 390 g/mol. The molecule has 0 bridgehead atoms. The lowest BCUT2D eigenvalue weighted by Gasteiger charge is -2.14. The van der Waals surface area contributed by atoms with E-state index in [0.29, 0.717) is 23.4 Å². The van der Waals surface area contributed by atoms with Crippen LogP contribution in [-0.2, 0) is 12.8 Å². The zero-order valence-electron chi connectivity index (χ0n) is 15.9. The van der Waals surface area contributed by atoms with Gasteiger partial charge in [-0.1, -0.05) is 30.3 Å². The van der Waals surface area contributed by atoms with Crippen LogP contribution in [0.3, 0.4) is 0 Å². The molecule has 0 spiro atoms. The first-order valence-electron chi connectivity index (χ1n) is 9.33. The first-order valence-corrected chi connectivity index (χ1v) is 9.33. The lowest BCUT2D eigenvalue weighted by Crippen LogP contribution is -2.29. The highest BCUT2D eigenvalue weighted by Crippen LogP contribution is 2.30. The number of rotatable bonds is 5. The molecule has 3 aromatic rings. The van der Waals surface area contributed by atoms with Crippen LogP contribution in [0.15, 0.2) is 48.5 Å². The van der Waals surface area contributed by atoms with Crippen molar-refractivity contribution < 1.29 is 13.9 Å². The Hall–Kier alpha value is -3.66. The SMILES string of the molecule is COc1ccccc1C(C#N)NC(=O)c1nn(-c2ccccc2F)c2c1CCC2. The minimum absolute atomic E-state index is 0.232. The summed E-state index contributed by atoms with van der Waals surface area (Å²) in [5.74, 6) is -0.349. The van der Waals surface area contributed by atoms with Gasteiger partial charge in [0.05, 0.1) is 13.2 Å². The molecular weight excluding hydrogens is 371 g/mol. The molecule has 1 atom stereocenters. The second-order valence-corrected chi connectivity index (χ2v) is 6.77. The topological polar surface area (TPSA) is 79.9 Å². The average Bonchev–Trinajstić information content (AvgIpc) is 3.35. The summed E-state index contributed by atoms with van der Waals surface area (Å²) < 4.78 is 21.1. The Morgan fingerprint density at radius 2 is 2.00 bits per heavy atom. The third-order valence-corrected chi connectivity index (χ3v) is 5.08. The molecule has 1 aliphatic rings. The molecule has 0 radical (unpaired) electrons. The summed E-state index contributed by atoms with van der Waals surface area (Å²) >= 11 is 0. The monoisotopic (exact) mass is 390 g/mol. The predicted molar refractivity (Wildman–Crippen MR) is 104 cm³/mol. The first kappa shape index (κ1) is 18.7. The Balaban J connectivity index is 1.69. The first-order chi connectivity index (χ1) is 14.1. The van der Waals surface area contributed by atoms with E-state index >= 15 is 0 Å². The Bertz CT molecular complexity index is 1120. The molecule has 146 valence electrons. The molecule has 1 unspecified atom stereocenters. The standard InChI is InChI=1S/C22H19FN4O2/c1-29-20-12-5-2-7-14(20)17(13-24)25-22(28)21-15-8-6-11-18(15)27(26-21)19-10-4-3-9-16(19)23/h2-5,7,9-10,12,17H,6,8,11H2,1H3,(H,25,28). The number of carbonyl (C=O) groups is 1. The number of halogens is 1. The molecule has 1 amide bonds. The number of amides is 1. The van der Waals surface area contributed by atoms with E-state index in [4.69, 9.17) is 4.74 Å². The summed E-state index contributed by atoms with van der Waals surface area (Å²) in [6.45, 7) is 0. The zero-order valence-corrected chi connectivity index (χ0v) is 15.9. The summed E-state index contributed by atoms with van der Waals surface area (Å²) in [5.41, 5.74) is 2.76. The highest BCUT2D eigenvalue weighted by molar-refractivity contribution is 5.94. The molecule has 6 nitrogen and oxygen atoms in total. The normalized spacial score (nSPS) is 13.4. The summed E-state index contributed by atoms with van der Waals surface area (Å²) in [5, 5.41) is 16.8. The fraction of sp³-hybridized carbons (Fsp3) is 0.227. The maximum atomic E-state index is 14.3. The number of nitrogens with one attached hydrogen (secondary N) is 1. The van der Waals surface area contributed by atoms with Crippen molar-refractivity contribution in [2.75, 3.05) is 7.11 Å². The number of ether oxygens (including phenoxy) is 1. The van der Waals surface area contributed by atoms with Gasteiger partial charge in [-0.2, -0.15) is 10.4 Å². The molecule has 29 heavy (non-hydrogen) atoms. The van der Waals surface area contributed by atoms with E-state index in [2.05, 4.69) is 16.5 Å². The maximum absolute atomic E-state index is 14.3. The van der Waals surface area contributed by atoms with Gasteiger partial charge >= 0.3 is 0 Å². The number of fused-ring (bicyclic) bond motifs is 1. The zero-order chi connectivity index (χ0) is 20.4. The van der Waals surface area contributed by atoms with Gasteiger partial charge in [-0.25, -0.2) is 9.07 Å². The number of hydrogen-bond acceptors (Lipinski definition) is 4. The van der Waals surface area contributed by atoms with Crippen LogP contribution in [0.5, 0.6) is 5.75 Å². The van der Waals surface area contributed by atoms with Gasteiger partial charge in [0, 0.05) is 16.8 Å². The molecule has 1 N–H and O–H groups in total. The van der Waals surface area contributed by atoms with Gasteiger partial charge in [-0.05, 0) is 37.5 Å². The van der Waals surface area contributed by atoms with E-state index in [1.165, 1.54) is 17.9 Å². The third kappa shape index (κ3) is 3.34. The van der Waals surface area contributed by atoms with Crippen LogP contribution in [0.4, 0.5) is 4.39 Å². The van der Waals surface area contributed by atoms with Crippen LogP contribution in [0.2, 0.25) is 0 Å². The van der Waals surface area contributed by atoms with E-state index in [0.717, 1.165) is 24.1 Å². The van der Waals surface area contributed by atoms with Crippen LogP contribution in [0.1, 0.15) is 39.8 Å². The quantitative estimate of drug-likeness (QED) is 0.723. The van der Waals surface area contributed by atoms with Crippen molar-refractivity contribution in [2.45, 2.75) is 25.3 Å². The molecule has 1 aromatic heterocycles. The Morgan fingerprint density at radius 3 is 2.76 bits per heavy atom. The predicted octanol–water partition coefficient (Wildman–Crippen LogP) is 3.50. The fourth-order valence-corrected chi connectivity index (χ4v) is 3.73. The third-order valence-electron chi connectivity index (χ3n) is 5.08. The molecule has 2 aromatic carbocycles. The number of carbonyl (C=O) groups excluding carboxylic acids is 1. The Morgan fingerprint density at radius 1 is 1.24 bits per heavy atom. The lowest BCUT2D eigenvalue weighted by molar-refractivity contribution is 0.0938. The van der Waals surface area contributed by atoms with E-state index < -0.39 is 17.8 Å². The second kappa shape index (κ2) is 7.76. The number of para-hydroxylation sites is 2. The van der Waals surface area contributed by atoms with Gasteiger partial charge in [-0.3, -0.25) is 4.79 Å². The molecule has 0 saturated heterocycles. The van der Waals surface area contributed by atoms with Crippen molar-refractivity contribution in [1.29, 1.82) is 5.26 Å². The minimum atomic E-state index is -0.894. The summed E-state index contributed by atoms with van der Waals surface area (Å²) in [7, 11) is 1.51. The smallest absolute Gasteiger partial charge is 0.273 e. The molecule has 4 rings (SSSR count). The van der Waals surface area contributed by atoms with E-state index in [1.54, 1.807) is 42.5 Å². The summed E-state index contributed by atoms with van der Waals surface area (Å²) in [4.78, 5) is 13.0. The van der Waals surface area contributed by atoms with Gasteiger partial charge < -0.3 is 10.1 Å². The summed E-state index contributed by atoms with van der Waals surface area (Å²) in [6.07, 6.45) is 2.28. The maximum Gasteiger partial charge on any atom is 0.273 e. The molecular formula is C22H19FN4O2. The van der Waals surface area contributed by atoms with Crippen LogP contribution in [-0.4, -0.2) is 22.8 Å². The fourth-order valence-electron chi connectivity index (χ4n) is 3.73. The second-order valence-electron chi connectivity index (χ2n) is 6.77. The molecule has 0 saturated carbocycles. The molecule has 7 heteroatoms. The van der Waals surface area contributed by atoms with Crippen LogP contribution >= 0.6 is 0 Å². The van der Waals surface area contributed by atoms with Crippen molar-refractivity contribution in [3.8, 4) is 17.5 Å². The molecule has 0 fully saturated rings. The number of methoxy groups -OCH3 is 1. The minimum Gasteiger partial charge on any atom is -0.496 e. The number of nitrogens with zero attached hydrogens (tertiary/aromatic N) is 3. The van der Waals surface area contributed by atoms with E-state index in [9.17, 15) is 14.4 Å². The van der Waals surface area contributed by atoms with Crippen molar-refractivity contribution in [3.05, 3.63) is 76.9 Å². The number of hydrogen-bond donors (Lipinski definition) is 1. The van der Waals surface area contributed by atoms with Crippen molar-refractivity contribution in [2.24, 2.45) is 0 Å². The number of nitriles is 1. The van der Waals surface area contributed by atoms with Gasteiger partial charge in [0.25, 0.3) is 5.91 Å². The molecule has 1 heterocycles. The van der Waals surface area contributed by atoms with E-state index in [1.807, 2.05) is 0 Å². The Kier molecular flexibility index (Phi) is 5.00. The van der Waals surface area contributed by atoms with Crippen LogP contribution in [0, 0.1) is 17.1 Å². The van der Waals surface area contributed by atoms with Gasteiger partial charge in [0.1, 0.15) is 23.3 Å². The number of benzene rings is 2.